The first-order valence-electron chi connectivity index (χ1n) is 16.7. The van der Waals surface area contributed by atoms with Gasteiger partial charge in [-0.25, -0.2) is 4.79 Å². The van der Waals surface area contributed by atoms with Gasteiger partial charge in [-0.1, -0.05) is 20.8 Å². The van der Waals surface area contributed by atoms with E-state index < -0.39 is 0 Å². The Morgan fingerprint density at radius 3 is 2.35 bits per heavy atom. The molecule has 9 atom stereocenters. The van der Waals surface area contributed by atoms with Crippen LogP contribution in [0.25, 0.3) is 0 Å². The highest BCUT2D eigenvalue weighted by Crippen LogP contribution is 2.68. The molecule has 40 heavy (non-hydrogen) atoms. The molecule has 0 aromatic rings. The lowest BCUT2D eigenvalue weighted by Crippen LogP contribution is -2.56. The average Bonchev–Trinajstić information content (AvgIpc) is 3.28. The van der Waals surface area contributed by atoms with Crippen LogP contribution in [-0.4, -0.2) is 81.6 Å². The lowest BCUT2D eigenvalue weighted by atomic mass is 9.44. The lowest BCUT2D eigenvalue weighted by Gasteiger charge is -2.61. The fraction of sp³-hybridized carbons (Fsp3) is 0.939. The Kier molecular flexibility index (Phi) is 10.6. The lowest BCUT2D eigenvalue weighted by molar-refractivity contribution is -0.140. The number of hydrogen-bond acceptors (Lipinski definition) is 5. The zero-order valence-corrected chi connectivity index (χ0v) is 26.9. The molecule has 0 radical (unpaired) electrons. The van der Waals surface area contributed by atoms with Gasteiger partial charge in [0.2, 0.25) is 5.91 Å². The molecule has 0 heterocycles. The standard InChI is InChI=1S/C33H61N5O2/c1-8-38(31(40)36-18-9-21-37(6)7)30(39)23(2)27-12-13-28-26-11-10-24-22-25(35-20-19-34-5)14-16-32(24,3)29(26)15-17-33(27,28)4/h23-29,34-35H,8-22H2,1-7H3,(H,36,40)/t23?,24-,25?,26?,27+,28?,29?,32-,33+/m0/s1. The van der Waals surface area contributed by atoms with Gasteiger partial charge in [0.15, 0.2) is 0 Å². The molecule has 0 aromatic carbocycles. The highest BCUT2D eigenvalue weighted by atomic mass is 16.2. The third-order valence-corrected chi connectivity index (χ3v) is 12.4. The smallest absolute Gasteiger partial charge is 0.324 e. The van der Waals surface area contributed by atoms with E-state index in [9.17, 15) is 9.59 Å². The van der Waals surface area contributed by atoms with Gasteiger partial charge in [-0.2, -0.15) is 0 Å². The molecule has 4 aliphatic rings. The Morgan fingerprint density at radius 2 is 1.65 bits per heavy atom. The van der Waals surface area contributed by atoms with Crippen molar-refractivity contribution in [2.24, 2.45) is 46.3 Å². The highest BCUT2D eigenvalue weighted by Gasteiger charge is 2.61. The number of imide groups is 1. The number of nitrogens with one attached hydrogen (secondary N) is 3. The van der Waals surface area contributed by atoms with Gasteiger partial charge in [0.05, 0.1) is 0 Å². The van der Waals surface area contributed by atoms with Crippen molar-refractivity contribution in [2.75, 3.05) is 53.9 Å². The summed E-state index contributed by atoms with van der Waals surface area (Å²) >= 11 is 0. The fourth-order valence-corrected chi connectivity index (χ4v) is 10.2. The van der Waals surface area contributed by atoms with Crippen LogP contribution in [0.3, 0.4) is 0 Å². The topological polar surface area (TPSA) is 76.7 Å². The van der Waals surface area contributed by atoms with Crippen molar-refractivity contribution in [3.63, 3.8) is 0 Å². The van der Waals surface area contributed by atoms with Crippen LogP contribution in [-0.2, 0) is 4.79 Å². The van der Waals surface area contributed by atoms with Crippen LogP contribution in [0.15, 0.2) is 0 Å². The number of likely N-dealkylation sites (N-methyl/N-ethyl adjacent to an activating group) is 1. The van der Waals surface area contributed by atoms with E-state index in [2.05, 4.69) is 41.6 Å². The minimum Gasteiger partial charge on any atom is -0.338 e. The van der Waals surface area contributed by atoms with Gasteiger partial charge in [0.1, 0.15) is 0 Å². The van der Waals surface area contributed by atoms with Gasteiger partial charge in [0, 0.05) is 38.1 Å². The van der Waals surface area contributed by atoms with Crippen LogP contribution >= 0.6 is 0 Å². The first-order chi connectivity index (χ1) is 19.1. The summed E-state index contributed by atoms with van der Waals surface area (Å²) in [6, 6.07) is 0.468. The molecule has 4 saturated carbocycles. The Bertz CT molecular complexity index is 866. The van der Waals surface area contributed by atoms with Gasteiger partial charge in [-0.3, -0.25) is 9.69 Å². The normalized spacial score (nSPS) is 37.8. The zero-order chi connectivity index (χ0) is 29.1. The number of carbonyl (C=O) groups is 2. The molecule has 0 aromatic heterocycles. The third-order valence-electron chi connectivity index (χ3n) is 12.4. The largest absolute Gasteiger partial charge is 0.338 e. The predicted molar refractivity (Wildman–Crippen MR) is 164 cm³/mol. The summed E-state index contributed by atoms with van der Waals surface area (Å²) in [5.74, 6) is 3.53. The minimum atomic E-state index is -0.219. The van der Waals surface area contributed by atoms with E-state index >= 15 is 0 Å². The van der Waals surface area contributed by atoms with Gasteiger partial charge >= 0.3 is 6.03 Å². The molecule has 5 unspecified atom stereocenters. The minimum absolute atomic E-state index is 0.0290. The van der Waals surface area contributed by atoms with Gasteiger partial charge in [0.25, 0.3) is 0 Å². The van der Waals surface area contributed by atoms with Crippen molar-refractivity contribution in [3.05, 3.63) is 0 Å². The first kappa shape index (κ1) is 31.7. The Morgan fingerprint density at radius 1 is 0.925 bits per heavy atom. The van der Waals surface area contributed by atoms with E-state index in [-0.39, 0.29) is 23.3 Å². The number of amides is 3. The van der Waals surface area contributed by atoms with Crippen molar-refractivity contribution in [3.8, 4) is 0 Å². The Balaban J connectivity index is 1.38. The summed E-state index contributed by atoms with van der Waals surface area (Å²) in [4.78, 5) is 30.3. The first-order valence-corrected chi connectivity index (χ1v) is 16.7. The van der Waals surface area contributed by atoms with Gasteiger partial charge in [-0.15, -0.1) is 0 Å². The molecule has 0 aliphatic heterocycles. The molecule has 4 rings (SSSR count). The number of nitrogens with zero attached hydrogens (tertiary/aromatic N) is 2. The highest BCUT2D eigenvalue weighted by molar-refractivity contribution is 5.95. The van der Waals surface area contributed by atoms with Crippen LogP contribution in [0.2, 0.25) is 0 Å². The predicted octanol–water partition coefficient (Wildman–Crippen LogP) is 4.97. The van der Waals surface area contributed by atoms with Crippen molar-refractivity contribution < 1.29 is 9.59 Å². The van der Waals surface area contributed by atoms with Crippen LogP contribution in [0.1, 0.15) is 91.9 Å². The molecular formula is C33H61N5O2. The van der Waals surface area contributed by atoms with E-state index in [1.165, 1.54) is 56.3 Å². The average molecular weight is 560 g/mol. The second-order valence-electron chi connectivity index (χ2n) is 14.7. The number of urea groups is 1. The van der Waals surface area contributed by atoms with Crippen LogP contribution in [0.5, 0.6) is 0 Å². The summed E-state index contributed by atoms with van der Waals surface area (Å²) in [7, 11) is 6.11. The summed E-state index contributed by atoms with van der Waals surface area (Å²) < 4.78 is 0. The molecule has 7 heteroatoms. The van der Waals surface area contributed by atoms with Crippen molar-refractivity contribution in [2.45, 2.75) is 97.9 Å². The molecule has 230 valence electrons. The second kappa shape index (κ2) is 13.4. The zero-order valence-electron chi connectivity index (χ0n) is 26.9. The molecular weight excluding hydrogens is 498 g/mol. The number of rotatable bonds is 11. The summed E-state index contributed by atoms with van der Waals surface area (Å²) in [5.41, 5.74) is 0.696. The molecule has 3 N–H and O–H groups in total. The van der Waals surface area contributed by atoms with E-state index in [0.29, 0.717) is 30.5 Å². The molecule has 3 amide bonds. The summed E-state index contributed by atoms with van der Waals surface area (Å²) in [5, 5.41) is 10.1. The quantitative estimate of drug-likeness (QED) is 0.312. The Hall–Kier alpha value is -1.18. The van der Waals surface area contributed by atoms with Crippen LogP contribution in [0, 0.1) is 46.3 Å². The SMILES string of the molecule is CCN(C(=O)NCCCN(C)C)C(=O)C(C)[C@H]1CCC2C3CC[C@H]4CC(NCCNC)CC[C@]4(C)C3CC[C@@]21C. The molecule has 0 spiro atoms. The molecule has 0 bridgehead atoms. The van der Waals surface area contributed by atoms with Crippen LogP contribution < -0.4 is 16.0 Å². The maximum Gasteiger partial charge on any atom is 0.324 e. The van der Waals surface area contributed by atoms with Gasteiger partial charge < -0.3 is 20.9 Å². The molecule has 4 aliphatic carbocycles. The van der Waals surface area contributed by atoms with Crippen LogP contribution in [0.4, 0.5) is 4.79 Å². The van der Waals surface area contributed by atoms with E-state index in [1.807, 2.05) is 28.1 Å². The van der Waals surface area contributed by atoms with E-state index in [0.717, 1.165) is 56.1 Å². The molecule has 7 nitrogen and oxygen atoms in total. The number of hydrogen-bond donors (Lipinski definition) is 3. The number of fused-ring (bicyclic) bond motifs is 5. The molecule has 4 fully saturated rings. The maximum absolute atomic E-state index is 13.8. The Labute approximate surface area is 245 Å². The van der Waals surface area contributed by atoms with E-state index in [4.69, 9.17) is 0 Å². The summed E-state index contributed by atoms with van der Waals surface area (Å²) in [6.07, 6.45) is 12.6. The van der Waals surface area contributed by atoms with Crippen molar-refractivity contribution in [1.82, 2.24) is 25.8 Å². The van der Waals surface area contributed by atoms with Gasteiger partial charge in [-0.05, 0) is 139 Å². The van der Waals surface area contributed by atoms with Crippen molar-refractivity contribution >= 4 is 11.9 Å². The summed E-state index contributed by atoms with van der Waals surface area (Å²) in [6.45, 7) is 13.3. The van der Waals surface area contributed by atoms with Crippen molar-refractivity contribution in [1.29, 1.82) is 0 Å². The second-order valence-corrected chi connectivity index (χ2v) is 14.7. The fourth-order valence-electron chi connectivity index (χ4n) is 10.2. The molecule has 0 saturated heterocycles. The van der Waals surface area contributed by atoms with E-state index in [1.54, 1.807) is 0 Å². The third kappa shape index (κ3) is 6.27. The number of carbonyl (C=O) groups excluding carboxylic acids is 2. The monoisotopic (exact) mass is 559 g/mol. The maximum atomic E-state index is 13.8.